The van der Waals surface area contributed by atoms with Crippen molar-refractivity contribution in [1.29, 1.82) is 0 Å². The fraction of sp³-hybridized carbons (Fsp3) is 0.278. The lowest BCUT2D eigenvalue weighted by Gasteiger charge is -2.33. The third-order valence-electron chi connectivity index (χ3n) is 4.20. The first-order valence-electron chi connectivity index (χ1n) is 7.67. The molecule has 120 valence electrons. The molecule has 1 aliphatic heterocycles. The Morgan fingerprint density at radius 1 is 1.00 bits per heavy atom. The van der Waals surface area contributed by atoms with Gasteiger partial charge in [-0.15, -0.1) is 0 Å². The number of benzene rings is 2. The minimum atomic E-state index is -0.886. The maximum Gasteiger partial charge on any atom is 0.407 e. The molecular formula is C18H19FN2O2. The van der Waals surface area contributed by atoms with Gasteiger partial charge in [0.05, 0.1) is 0 Å². The first kappa shape index (κ1) is 15.5. The van der Waals surface area contributed by atoms with Crippen molar-refractivity contribution in [3.63, 3.8) is 0 Å². The highest BCUT2D eigenvalue weighted by Crippen LogP contribution is 2.22. The molecule has 1 fully saturated rings. The Bertz CT molecular complexity index is 683. The van der Waals surface area contributed by atoms with Crippen LogP contribution in [-0.4, -0.2) is 47.2 Å². The molecule has 1 heterocycles. The largest absolute Gasteiger partial charge is 0.465 e. The van der Waals surface area contributed by atoms with Crippen molar-refractivity contribution in [2.75, 3.05) is 26.2 Å². The average Bonchev–Trinajstić information content (AvgIpc) is 2.58. The molecule has 0 atom stereocenters. The molecule has 4 nitrogen and oxygen atoms in total. The predicted octanol–water partition coefficient (Wildman–Crippen LogP) is 3.29. The minimum Gasteiger partial charge on any atom is -0.465 e. The van der Waals surface area contributed by atoms with Gasteiger partial charge in [-0.25, -0.2) is 9.18 Å². The molecule has 0 aromatic heterocycles. The van der Waals surface area contributed by atoms with Crippen LogP contribution in [0.3, 0.4) is 0 Å². The van der Waals surface area contributed by atoms with Crippen molar-refractivity contribution in [1.82, 2.24) is 9.80 Å². The summed E-state index contributed by atoms with van der Waals surface area (Å²) in [4.78, 5) is 14.4. The normalized spacial score (nSPS) is 15.6. The van der Waals surface area contributed by atoms with Gasteiger partial charge in [0.2, 0.25) is 0 Å². The van der Waals surface area contributed by atoms with Crippen LogP contribution in [0, 0.1) is 5.82 Å². The second-order valence-electron chi connectivity index (χ2n) is 5.72. The first-order valence-corrected chi connectivity index (χ1v) is 7.67. The van der Waals surface area contributed by atoms with E-state index in [2.05, 4.69) is 4.90 Å². The molecule has 0 bridgehead atoms. The standard InChI is InChI=1S/C18H19FN2O2/c19-17-12-15(14-4-2-1-3-5-14)6-7-16(17)13-20-8-10-21(11-9-20)18(22)23/h1-7,12H,8-11,13H2,(H,22,23). The monoisotopic (exact) mass is 314 g/mol. The van der Waals surface area contributed by atoms with Crippen molar-refractivity contribution in [2.45, 2.75) is 6.54 Å². The van der Waals surface area contributed by atoms with Gasteiger partial charge in [-0.05, 0) is 17.2 Å². The van der Waals surface area contributed by atoms with Gasteiger partial charge in [-0.2, -0.15) is 0 Å². The summed E-state index contributed by atoms with van der Waals surface area (Å²) in [7, 11) is 0. The summed E-state index contributed by atoms with van der Waals surface area (Å²) in [5.41, 5.74) is 2.50. The smallest absolute Gasteiger partial charge is 0.407 e. The average molecular weight is 314 g/mol. The minimum absolute atomic E-state index is 0.216. The Morgan fingerprint density at radius 2 is 1.70 bits per heavy atom. The zero-order valence-electron chi connectivity index (χ0n) is 12.8. The summed E-state index contributed by atoms with van der Waals surface area (Å²) in [6.45, 7) is 2.71. The molecule has 0 radical (unpaired) electrons. The molecule has 1 amide bonds. The van der Waals surface area contributed by atoms with Crippen LogP contribution in [0.4, 0.5) is 9.18 Å². The molecular weight excluding hydrogens is 295 g/mol. The van der Waals surface area contributed by atoms with E-state index in [9.17, 15) is 9.18 Å². The number of hydrogen-bond donors (Lipinski definition) is 1. The van der Waals surface area contributed by atoms with Crippen molar-refractivity contribution >= 4 is 6.09 Å². The molecule has 0 saturated carbocycles. The molecule has 1 N–H and O–H groups in total. The van der Waals surface area contributed by atoms with Crippen LogP contribution in [0.15, 0.2) is 48.5 Å². The van der Waals surface area contributed by atoms with E-state index in [0.717, 1.165) is 11.1 Å². The number of amides is 1. The molecule has 0 spiro atoms. The summed E-state index contributed by atoms with van der Waals surface area (Å²) >= 11 is 0. The highest BCUT2D eigenvalue weighted by Gasteiger charge is 2.21. The molecule has 1 aliphatic rings. The molecule has 3 rings (SSSR count). The Hall–Kier alpha value is -2.40. The number of piperazine rings is 1. The molecule has 0 unspecified atom stereocenters. The van der Waals surface area contributed by atoms with Crippen molar-refractivity contribution in [2.24, 2.45) is 0 Å². The van der Waals surface area contributed by atoms with Crippen LogP contribution in [0.5, 0.6) is 0 Å². The summed E-state index contributed by atoms with van der Waals surface area (Å²) in [6.07, 6.45) is -0.886. The lowest BCUT2D eigenvalue weighted by atomic mass is 10.0. The van der Waals surface area contributed by atoms with Crippen LogP contribution in [0.2, 0.25) is 0 Å². The summed E-state index contributed by atoms with van der Waals surface area (Å²) < 4.78 is 14.4. The van der Waals surface area contributed by atoms with Crippen molar-refractivity contribution in [3.8, 4) is 11.1 Å². The van der Waals surface area contributed by atoms with E-state index in [1.54, 1.807) is 6.07 Å². The Balaban J connectivity index is 1.67. The number of halogens is 1. The van der Waals surface area contributed by atoms with Crippen LogP contribution in [0.1, 0.15) is 5.56 Å². The van der Waals surface area contributed by atoms with Gasteiger partial charge >= 0.3 is 6.09 Å². The number of hydrogen-bond acceptors (Lipinski definition) is 2. The second kappa shape index (κ2) is 6.79. The van der Waals surface area contributed by atoms with Crippen molar-refractivity contribution in [3.05, 3.63) is 59.9 Å². The quantitative estimate of drug-likeness (QED) is 0.945. The van der Waals surface area contributed by atoms with E-state index in [1.807, 2.05) is 42.5 Å². The van der Waals surface area contributed by atoms with Crippen LogP contribution in [-0.2, 0) is 6.54 Å². The van der Waals surface area contributed by atoms with E-state index in [-0.39, 0.29) is 5.82 Å². The third kappa shape index (κ3) is 3.68. The van der Waals surface area contributed by atoms with Crippen molar-refractivity contribution < 1.29 is 14.3 Å². The molecule has 2 aromatic carbocycles. The Morgan fingerprint density at radius 3 is 2.30 bits per heavy atom. The molecule has 5 heteroatoms. The maximum atomic E-state index is 14.4. The lowest BCUT2D eigenvalue weighted by molar-refractivity contribution is 0.102. The maximum absolute atomic E-state index is 14.4. The van der Waals surface area contributed by atoms with E-state index >= 15 is 0 Å². The highest BCUT2D eigenvalue weighted by molar-refractivity contribution is 5.65. The zero-order chi connectivity index (χ0) is 16.2. The molecule has 0 aliphatic carbocycles. The van der Waals surface area contributed by atoms with Gasteiger partial charge < -0.3 is 10.0 Å². The SMILES string of the molecule is O=C(O)N1CCN(Cc2ccc(-c3ccccc3)cc2F)CC1. The summed E-state index contributed by atoms with van der Waals surface area (Å²) in [6, 6.07) is 15.0. The van der Waals surface area contributed by atoms with E-state index in [0.29, 0.717) is 38.3 Å². The fourth-order valence-corrected chi connectivity index (χ4v) is 2.82. The number of nitrogens with zero attached hydrogens (tertiary/aromatic N) is 2. The Labute approximate surface area is 134 Å². The van der Waals surface area contributed by atoms with Gasteiger partial charge in [0.25, 0.3) is 0 Å². The van der Waals surface area contributed by atoms with E-state index in [1.165, 1.54) is 4.90 Å². The Kier molecular flexibility index (Phi) is 4.57. The fourth-order valence-electron chi connectivity index (χ4n) is 2.82. The number of carboxylic acid groups (broad SMARTS) is 1. The second-order valence-corrected chi connectivity index (χ2v) is 5.72. The topological polar surface area (TPSA) is 43.8 Å². The molecule has 2 aromatic rings. The predicted molar refractivity (Wildman–Crippen MR) is 86.7 cm³/mol. The summed E-state index contributed by atoms with van der Waals surface area (Å²) in [5, 5.41) is 8.94. The van der Waals surface area contributed by atoms with Gasteiger partial charge in [-0.3, -0.25) is 4.90 Å². The first-order chi connectivity index (χ1) is 11.1. The third-order valence-corrected chi connectivity index (χ3v) is 4.20. The van der Waals surface area contributed by atoms with Crippen LogP contribution < -0.4 is 0 Å². The summed E-state index contributed by atoms with van der Waals surface area (Å²) in [5.74, 6) is -0.216. The van der Waals surface area contributed by atoms with Crippen LogP contribution >= 0.6 is 0 Å². The van der Waals surface area contributed by atoms with Gasteiger partial charge in [0, 0.05) is 38.3 Å². The van der Waals surface area contributed by atoms with E-state index in [4.69, 9.17) is 5.11 Å². The van der Waals surface area contributed by atoms with Gasteiger partial charge in [0.15, 0.2) is 0 Å². The lowest BCUT2D eigenvalue weighted by Crippen LogP contribution is -2.47. The number of rotatable bonds is 3. The number of carbonyl (C=O) groups is 1. The van der Waals surface area contributed by atoms with E-state index < -0.39 is 6.09 Å². The van der Waals surface area contributed by atoms with Crippen LogP contribution in [0.25, 0.3) is 11.1 Å². The zero-order valence-corrected chi connectivity index (χ0v) is 12.8. The van der Waals surface area contributed by atoms with Gasteiger partial charge in [0.1, 0.15) is 5.82 Å². The molecule has 1 saturated heterocycles. The highest BCUT2D eigenvalue weighted by atomic mass is 19.1. The van der Waals surface area contributed by atoms with Gasteiger partial charge in [-0.1, -0.05) is 42.5 Å². The molecule has 23 heavy (non-hydrogen) atoms.